The van der Waals surface area contributed by atoms with E-state index in [2.05, 4.69) is 29.2 Å². The fraction of sp³-hybridized carbons (Fsp3) is 0.318. The SMILES string of the molecule is CN(C(=O)c1c[nH]c2ccc([N+](=O)[O-])cc12)C1CCC(c2ccccc2)CC1. The predicted molar refractivity (Wildman–Crippen MR) is 108 cm³/mol. The summed E-state index contributed by atoms with van der Waals surface area (Å²) in [6.07, 6.45) is 5.70. The van der Waals surface area contributed by atoms with E-state index in [-0.39, 0.29) is 17.6 Å². The van der Waals surface area contributed by atoms with Gasteiger partial charge in [-0.1, -0.05) is 30.3 Å². The average molecular weight is 377 g/mol. The first-order valence-electron chi connectivity index (χ1n) is 9.62. The molecule has 6 nitrogen and oxygen atoms in total. The van der Waals surface area contributed by atoms with Gasteiger partial charge in [-0.05, 0) is 43.2 Å². The van der Waals surface area contributed by atoms with E-state index in [0.717, 1.165) is 31.2 Å². The van der Waals surface area contributed by atoms with E-state index in [1.165, 1.54) is 17.7 Å². The first kappa shape index (κ1) is 18.2. The molecule has 0 saturated heterocycles. The van der Waals surface area contributed by atoms with E-state index in [1.807, 2.05) is 18.0 Å². The minimum absolute atomic E-state index is 0.00725. The number of non-ortho nitro benzene ring substituents is 1. The molecule has 0 spiro atoms. The minimum Gasteiger partial charge on any atom is -0.360 e. The lowest BCUT2D eigenvalue weighted by molar-refractivity contribution is -0.384. The molecule has 4 rings (SSSR count). The van der Waals surface area contributed by atoms with Gasteiger partial charge in [-0.25, -0.2) is 0 Å². The number of carbonyl (C=O) groups excluding carboxylic acids is 1. The van der Waals surface area contributed by atoms with Crippen molar-refractivity contribution in [2.45, 2.75) is 37.6 Å². The molecular weight excluding hydrogens is 354 g/mol. The molecule has 28 heavy (non-hydrogen) atoms. The fourth-order valence-corrected chi connectivity index (χ4v) is 4.28. The van der Waals surface area contributed by atoms with Gasteiger partial charge >= 0.3 is 0 Å². The molecule has 144 valence electrons. The van der Waals surface area contributed by atoms with Crippen LogP contribution in [0, 0.1) is 10.1 Å². The van der Waals surface area contributed by atoms with Crippen molar-refractivity contribution in [2.24, 2.45) is 0 Å². The molecule has 1 aliphatic rings. The number of amides is 1. The first-order chi connectivity index (χ1) is 13.5. The van der Waals surface area contributed by atoms with Crippen LogP contribution in [0.1, 0.15) is 47.5 Å². The van der Waals surface area contributed by atoms with Crippen LogP contribution in [0.4, 0.5) is 5.69 Å². The number of hydrogen-bond acceptors (Lipinski definition) is 3. The van der Waals surface area contributed by atoms with Crippen LogP contribution in [0.5, 0.6) is 0 Å². The summed E-state index contributed by atoms with van der Waals surface area (Å²) in [6, 6.07) is 15.3. The average Bonchev–Trinajstić information content (AvgIpc) is 3.16. The third kappa shape index (κ3) is 3.38. The Morgan fingerprint density at radius 1 is 1.11 bits per heavy atom. The number of carbonyl (C=O) groups is 1. The van der Waals surface area contributed by atoms with Gasteiger partial charge in [0.15, 0.2) is 0 Å². The smallest absolute Gasteiger partial charge is 0.270 e. The molecule has 1 heterocycles. The Kier molecular flexibility index (Phi) is 4.86. The number of aromatic nitrogens is 1. The summed E-state index contributed by atoms with van der Waals surface area (Å²) in [7, 11) is 1.84. The van der Waals surface area contributed by atoms with Crippen molar-refractivity contribution in [3.05, 3.63) is 76.0 Å². The molecule has 1 N–H and O–H groups in total. The van der Waals surface area contributed by atoms with E-state index in [9.17, 15) is 14.9 Å². The van der Waals surface area contributed by atoms with Gasteiger partial charge in [0.05, 0.1) is 10.5 Å². The van der Waals surface area contributed by atoms with Crippen LogP contribution in [0.15, 0.2) is 54.7 Å². The van der Waals surface area contributed by atoms with Gasteiger partial charge < -0.3 is 9.88 Å². The summed E-state index contributed by atoms with van der Waals surface area (Å²) < 4.78 is 0. The molecule has 1 fully saturated rings. The van der Waals surface area contributed by atoms with Crippen LogP contribution in [0.2, 0.25) is 0 Å². The number of nitro groups is 1. The number of nitro benzene ring substituents is 1. The summed E-state index contributed by atoms with van der Waals surface area (Å²) in [5.74, 6) is 0.464. The number of hydrogen-bond donors (Lipinski definition) is 1. The molecule has 0 radical (unpaired) electrons. The Labute approximate surface area is 163 Å². The highest BCUT2D eigenvalue weighted by molar-refractivity contribution is 6.07. The second-order valence-corrected chi connectivity index (χ2v) is 7.52. The molecule has 2 aromatic carbocycles. The van der Waals surface area contributed by atoms with Crippen molar-refractivity contribution in [2.75, 3.05) is 7.05 Å². The van der Waals surface area contributed by atoms with E-state index >= 15 is 0 Å². The Hall–Kier alpha value is -3.15. The van der Waals surface area contributed by atoms with Gasteiger partial charge in [0.1, 0.15) is 0 Å². The Balaban J connectivity index is 1.49. The summed E-state index contributed by atoms with van der Waals surface area (Å²) in [6.45, 7) is 0. The van der Waals surface area contributed by atoms with Crippen LogP contribution in [-0.4, -0.2) is 33.8 Å². The lowest BCUT2D eigenvalue weighted by atomic mass is 9.81. The van der Waals surface area contributed by atoms with Crippen LogP contribution >= 0.6 is 0 Å². The largest absolute Gasteiger partial charge is 0.360 e. The van der Waals surface area contributed by atoms with Crippen molar-refractivity contribution in [1.82, 2.24) is 9.88 Å². The van der Waals surface area contributed by atoms with Crippen molar-refractivity contribution in [1.29, 1.82) is 0 Å². The van der Waals surface area contributed by atoms with Crippen LogP contribution in [0.3, 0.4) is 0 Å². The molecule has 1 aliphatic carbocycles. The van der Waals surface area contributed by atoms with Crippen molar-refractivity contribution < 1.29 is 9.72 Å². The van der Waals surface area contributed by atoms with Crippen LogP contribution in [-0.2, 0) is 0 Å². The number of H-pyrrole nitrogens is 1. The molecular formula is C22H23N3O3. The second-order valence-electron chi connectivity index (χ2n) is 7.52. The highest BCUT2D eigenvalue weighted by Crippen LogP contribution is 2.35. The normalized spacial score (nSPS) is 19.5. The van der Waals surface area contributed by atoms with Gasteiger partial charge in [0, 0.05) is 42.3 Å². The van der Waals surface area contributed by atoms with Gasteiger partial charge in [-0.2, -0.15) is 0 Å². The second kappa shape index (κ2) is 7.46. The van der Waals surface area contributed by atoms with E-state index < -0.39 is 4.92 Å². The number of benzene rings is 2. The topological polar surface area (TPSA) is 79.2 Å². The monoisotopic (exact) mass is 377 g/mol. The third-order valence-electron chi connectivity index (χ3n) is 5.94. The summed E-state index contributed by atoms with van der Waals surface area (Å²) in [5, 5.41) is 11.7. The maximum atomic E-state index is 13.1. The zero-order valence-electron chi connectivity index (χ0n) is 15.8. The summed E-state index contributed by atoms with van der Waals surface area (Å²) in [4.78, 5) is 28.6. The molecule has 1 amide bonds. The molecule has 0 unspecified atom stereocenters. The molecule has 1 saturated carbocycles. The highest BCUT2D eigenvalue weighted by atomic mass is 16.6. The van der Waals surface area contributed by atoms with Gasteiger partial charge in [-0.3, -0.25) is 14.9 Å². The molecule has 6 heteroatoms. The van der Waals surface area contributed by atoms with Crippen molar-refractivity contribution >= 4 is 22.5 Å². The minimum atomic E-state index is -0.435. The highest BCUT2D eigenvalue weighted by Gasteiger charge is 2.29. The quantitative estimate of drug-likeness (QED) is 0.520. The summed E-state index contributed by atoms with van der Waals surface area (Å²) in [5.41, 5.74) is 2.59. The van der Waals surface area contributed by atoms with E-state index in [0.29, 0.717) is 16.9 Å². The molecule has 0 bridgehead atoms. The standard InChI is InChI=1S/C22H23N3O3/c1-24(17-9-7-16(8-10-17)15-5-3-2-4-6-15)22(26)20-14-23-21-12-11-18(25(27)28)13-19(20)21/h2-6,11-14,16-17,23H,7-10H2,1H3. The number of fused-ring (bicyclic) bond motifs is 1. The van der Waals surface area contributed by atoms with Crippen LogP contribution < -0.4 is 0 Å². The lowest BCUT2D eigenvalue weighted by Gasteiger charge is -2.35. The maximum absolute atomic E-state index is 13.1. The first-order valence-corrected chi connectivity index (χ1v) is 9.62. The zero-order chi connectivity index (χ0) is 19.7. The molecule has 1 aromatic heterocycles. The molecule has 0 aliphatic heterocycles. The summed E-state index contributed by atoms with van der Waals surface area (Å²) >= 11 is 0. The van der Waals surface area contributed by atoms with Crippen molar-refractivity contribution in [3.63, 3.8) is 0 Å². The third-order valence-corrected chi connectivity index (χ3v) is 5.94. The van der Waals surface area contributed by atoms with Gasteiger partial charge in [-0.15, -0.1) is 0 Å². The Morgan fingerprint density at radius 2 is 1.82 bits per heavy atom. The molecule has 0 atom stereocenters. The van der Waals surface area contributed by atoms with Crippen LogP contribution in [0.25, 0.3) is 10.9 Å². The zero-order valence-corrected chi connectivity index (χ0v) is 15.8. The number of rotatable bonds is 4. The van der Waals surface area contributed by atoms with Gasteiger partial charge in [0.25, 0.3) is 11.6 Å². The van der Waals surface area contributed by atoms with Gasteiger partial charge in [0.2, 0.25) is 0 Å². The number of aromatic amines is 1. The predicted octanol–water partition coefficient (Wildman–Crippen LogP) is 4.87. The van der Waals surface area contributed by atoms with E-state index in [1.54, 1.807) is 12.3 Å². The molecule has 3 aromatic rings. The lowest BCUT2D eigenvalue weighted by Crippen LogP contribution is -2.39. The fourth-order valence-electron chi connectivity index (χ4n) is 4.28. The Bertz CT molecular complexity index is 1000. The number of nitrogens with zero attached hydrogens (tertiary/aromatic N) is 2. The maximum Gasteiger partial charge on any atom is 0.270 e. The Morgan fingerprint density at radius 3 is 2.50 bits per heavy atom. The van der Waals surface area contributed by atoms with E-state index in [4.69, 9.17) is 0 Å². The van der Waals surface area contributed by atoms with Crippen molar-refractivity contribution in [3.8, 4) is 0 Å². The number of nitrogens with one attached hydrogen (secondary N) is 1.